The van der Waals surface area contributed by atoms with E-state index in [0.717, 1.165) is 13.1 Å². The maximum Gasteiger partial charge on any atom is 0.323 e. The summed E-state index contributed by atoms with van der Waals surface area (Å²) in [7, 11) is -1.20. The Morgan fingerprint density at radius 1 is 1.24 bits per heavy atom. The number of sulfone groups is 1. The Labute approximate surface area is 124 Å². The molecule has 0 aromatic heterocycles. The highest BCUT2D eigenvalue weighted by Crippen LogP contribution is 2.19. The molecule has 0 aromatic rings. The topological polar surface area (TPSA) is 98.2 Å². The summed E-state index contributed by atoms with van der Waals surface area (Å²) in [5, 5.41) is 8.99. The van der Waals surface area contributed by atoms with Crippen LogP contribution in [-0.2, 0) is 14.6 Å². The summed E-state index contributed by atoms with van der Waals surface area (Å²) >= 11 is 0. The lowest BCUT2D eigenvalue weighted by atomic mass is 10.2. The molecule has 0 aromatic carbocycles. The van der Waals surface area contributed by atoms with Crippen molar-refractivity contribution in [1.29, 1.82) is 0 Å². The number of piperazine rings is 1. The van der Waals surface area contributed by atoms with Crippen molar-refractivity contribution in [3.63, 3.8) is 0 Å². The first-order chi connectivity index (χ1) is 9.78. The average Bonchev–Trinajstić information content (AvgIpc) is 2.76. The smallest absolute Gasteiger partial charge is 0.323 e. The number of aliphatic carboxylic acids is 1. The second kappa shape index (κ2) is 6.18. The lowest BCUT2D eigenvalue weighted by molar-refractivity contribution is -0.138. The molecule has 2 aliphatic heterocycles. The van der Waals surface area contributed by atoms with Gasteiger partial charge in [-0.2, -0.15) is 0 Å². The molecule has 2 heterocycles. The van der Waals surface area contributed by atoms with E-state index in [1.807, 2.05) is 7.05 Å². The van der Waals surface area contributed by atoms with Crippen molar-refractivity contribution in [3.05, 3.63) is 0 Å². The summed E-state index contributed by atoms with van der Waals surface area (Å²) < 4.78 is 23.1. The molecule has 1 unspecified atom stereocenters. The SMILES string of the molecule is CN1CCN(C(=O)N(CC(=O)O)C2CCS(=O)(=O)C2)CC1. The number of carboxylic acid groups (broad SMARTS) is 1. The van der Waals surface area contributed by atoms with Gasteiger partial charge in [0.1, 0.15) is 6.54 Å². The number of carbonyl (C=O) groups is 2. The van der Waals surface area contributed by atoms with Crippen molar-refractivity contribution in [3.8, 4) is 0 Å². The van der Waals surface area contributed by atoms with Crippen LogP contribution in [0.25, 0.3) is 0 Å². The molecule has 8 nitrogen and oxygen atoms in total. The predicted molar refractivity (Wildman–Crippen MR) is 75.9 cm³/mol. The number of hydrogen-bond donors (Lipinski definition) is 1. The van der Waals surface area contributed by atoms with E-state index in [1.165, 1.54) is 4.90 Å². The number of carboxylic acids is 1. The molecular weight excluding hydrogens is 298 g/mol. The highest BCUT2D eigenvalue weighted by Gasteiger charge is 2.37. The molecule has 2 amide bonds. The second-order valence-electron chi connectivity index (χ2n) is 5.65. The molecule has 0 spiro atoms. The molecule has 0 radical (unpaired) electrons. The molecule has 0 aliphatic carbocycles. The van der Waals surface area contributed by atoms with E-state index in [2.05, 4.69) is 4.90 Å². The maximum absolute atomic E-state index is 12.5. The first-order valence-electron chi connectivity index (χ1n) is 6.95. The Morgan fingerprint density at radius 2 is 1.86 bits per heavy atom. The fourth-order valence-corrected chi connectivity index (χ4v) is 4.43. The quantitative estimate of drug-likeness (QED) is 0.711. The largest absolute Gasteiger partial charge is 0.480 e. The summed E-state index contributed by atoms with van der Waals surface area (Å²) in [5.41, 5.74) is 0. The van der Waals surface area contributed by atoms with Crippen molar-refractivity contribution in [2.45, 2.75) is 12.5 Å². The molecule has 2 fully saturated rings. The molecule has 2 rings (SSSR count). The van der Waals surface area contributed by atoms with Crippen LogP contribution in [0.15, 0.2) is 0 Å². The molecule has 9 heteroatoms. The zero-order valence-electron chi connectivity index (χ0n) is 12.1. The maximum atomic E-state index is 12.5. The average molecular weight is 319 g/mol. The zero-order chi connectivity index (χ0) is 15.6. The number of nitrogens with zero attached hydrogens (tertiary/aromatic N) is 3. The van der Waals surface area contributed by atoms with Gasteiger partial charge < -0.3 is 19.8 Å². The highest BCUT2D eigenvalue weighted by molar-refractivity contribution is 7.91. The van der Waals surface area contributed by atoms with Crippen LogP contribution in [0.2, 0.25) is 0 Å². The van der Waals surface area contributed by atoms with Crippen molar-refractivity contribution >= 4 is 21.8 Å². The van der Waals surface area contributed by atoms with Crippen LogP contribution in [-0.4, -0.2) is 97.5 Å². The van der Waals surface area contributed by atoms with Crippen LogP contribution in [0.5, 0.6) is 0 Å². The van der Waals surface area contributed by atoms with Gasteiger partial charge in [-0.25, -0.2) is 13.2 Å². The van der Waals surface area contributed by atoms with Crippen molar-refractivity contribution in [2.24, 2.45) is 0 Å². The van der Waals surface area contributed by atoms with Crippen molar-refractivity contribution < 1.29 is 23.1 Å². The fourth-order valence-electron chi connectivity index (χ4n) is 2.70. The molecule has 0 saturated carbocycles. The lowest BCUT2D eigenvalue weighted by Crippen LogP contribution is -2.55. The molecule has 1 N–H and O–H groups in total. The van der Waals surface area contributed by atoms with Gasteiger partial charge in [0.05, 0.1) is 11.5 Å². The number of rotatable bonds is 3. The van der Waals surface area contributed by atoms with Gasteiger partial charge >= 0.3 is 12.0 Å². The van der Waals surface area contributed by atoms with E-state index in [1.54, 1.807) is 4.90 Å². The summed E-state index contributed by atoms with van der Waals surface area (Å²) in [6, 6.07) is -0.897. The minimum atomic E-state index is -3.16. The van der Waals surface area contributed by atoms with Crippen LogP contribution in [0.3, 0.4) is 0 Å². The predicted octanol–water partition coefficient (Wildman–Crippen LogP) is -1.07. The van der Waals surface area contributed by atoms with Crippen LogP contribution in [0.4, 0.5) is 4.79 Å². The summed E-state index contributed by atoms with van der Waals surface area (Å²) in [4.78, 5) is 28.4. The van der Waals surface area contributed by atoms with Gasteiger partial charge in [0.2, 0.25) is 0 Å². The van der Waals surface area contributed by atoms with Crippen LogP contribution >= 0.6 is 0 Å². The van der Waals surface area contributed by atoms with Crippen LogP contribution in [0.1, 0.15) is 6.42 Å². The van der Waals surface area contributed by atoms with E-state index in [9.17, 15) is 18.0 Å². The Balaban J connectivity index is 2.08. The van der Waals surface area contributed by atoms with Crippen molar-refractivity contribution in [1.82, 2.24) is 14.7 Å². The molecule has 2 saturated heterocycles. The first-order valence-corrected chi connectivity index (χ1v) is 8.77. The number of hydrogen-bond acceptors (Lipinski definition) is 5. The lowest BCUT2D eigenvalue weighted by Gasteiger charge is -2.37. The normalized spacial score (nSPS) is 25.8. The van der Waals surface area contributed by atoms with Gasteiger partial charge in [0.25, 0.3) is 0 Å². The summed E-state index contributed by atoms with van der Waals surface area (Å²) in [5.74, 6) is -1.24. The minimum absolute atomic E-state index is 0.0177. The second-order valence-corrected chi connectivity index (χ2v) is 7.88. The Kier molecular flexibility index (Phi) is 4.72. The fraction of sp³-hybridized carbons (Fsp3) is 0.833. The van der Waals surface area contributed by atoms with E-state index in [-0.39, 0.29) is 17.5 Å². The highest BCUT2D eigenvalue weighted by atomic mass is 32.2. The van der Waals surface area contributed by atoms with Gasteiger partial charge in [-0.1, -0.05) is 0 Å². The van der Waals surface area contributed by atoms with Gasteiger partial charge in [0, 0.05) is 32.2 Å². The molecule has 21 heavy (non-hydrogen) atoms. The monoisotopic (exact) mass is 319 g/mol. The molecule has 0 bridgehead atoms. The number of amides is 2. The van der Waals surface area contributed by atoms with Gasteiger partial charge in [-0.05, 0) is 13.5 Å². The van der Waals surface area contributed by atoms with Crippen LogP contribution < -0.4 is 0 Å². The third kappa shape index (κ3) is 4.07. The first kappa shape index (κ1) is 16.0. The van der Waals surface area contributed by atoms with E-state index < -0.39 is 28.4 Å². The van der Waals surface area contributed by atoms with E-state index in [0.29, 0.717) is 19.5 Å². The Morgan fingerprint density at radius 3 is 2.33 bits per heavy atom. The standard InChI is InChI=1S/C12H21N3O5S/c1-13-3-5-14(6-4-13)12(18)15(8-11(16)17)10-2-7-21(19,20)9-10/h10H,2-9H2,1H3,(H,16,17). The molecule has 2 aliphatic rings. The minimum Gasteiger partial charge on any atom is -0.480 e. The van der Waals surface area contributed by atoms with Crippen molar-refractivity contribution in [2.75, 3.05) is 51.3 Å². The molecular formula is C12H21N3O5S. The number of carbonyl (C=O) groups excluding carboxylic acids is 1. The van der Waals surface area contributed by atoms with Crippen LogP contribution in [0, 0.1) is 0 Å². The third-order valence-corrected chi connectivity index (χ3v) is 5.72. The Hall–Kier alpha value is -1.35. The Bertz CT molecular complexity index is 513. The van der Waals surface area contributed by atoms with Gasteiger partial charge in [-0.15, -0.1) is 0 Å². The molecule has 1 atom stereocenters. The number of likely N-dealkylation sites (N-methyl/N-ethyl adjacent to an activating group) is 1. The third-order valence-electron chi connectivity index (χ3n) is 3.97. The van der Waals surface area contributed by atoms with Gasteiger partial charge in [0.15, 0.2) is 9.84 Å². The number of urea groups is 1. The van der Waals surface area contributed by atoms with Gasteiger partial charge in [-0.3, -0.25) is 4.79 Å². The molecule has 120 valence electrons. The zero-order valence-corrected chi connectivity index (χ0v) is 12.9. The van der Waals surface area contributed by atoms with E-state index >= 15 is 0 Å². The summed E-state index contributed by atoms with van der Waals surface area (Å²) in [6.45, 7) is 2.08. The summed E-state index contributed by atoms with van der Waals surface area (Å²) in [6.07, 6.45) is 0.315. The van der Waals surface area contributed by atoms with E-state index in [4.69, 9.17) is 5.11 Å².